The summed E-state index contributed by atoms with van der Waals surface area (Å²) >= 11 is 7.34. The summed E-state index contributed by atoms with van der Waals surface area (Å²) in [4.78, 5) is 22.7. The maximum absolute atomic E-state index is 11.5. The number of carboxylic acid groups (broad SMARTS) is 2. The van der Waals surface area contributed by atoms with E-state index in [1.54, 1.807) is 0 Å². The molecule has 3 N–H and O–H groups in total. The molecular weight excluding hydrogens is 402 g/mol. The third-order valence-electron chi connectivity index (χ3n) is 4.73. The first-order valence-corrected chi connectivity index (χ1v) is 10.4. The maximum Gasteiger partial charge on any atom is 0.349 e. The van der Waals surface area contributed by atoms with Gasteiger partial charge in [-0.1, -0.05) is 49.1 Å². The van der Waals surface area contributed by atoms with E-state index < -0.39 is 18.5 Å². The summed E-state index contributed by atoms with van der Waals surface area (Å²) in [5.41, 5.74) is 1.86. The molecule has 0 spiro atoms. The Morgan fingerprint density at radius 2 is 1.96 bits per heavy atom. The summed E-state index contributed by atoms with van der Waals surface area (Å²) < 4.78 is 5.14. The molecule has 1 fully saturated rings. The molecule has 0 radical (unpaired) electrons. The van der Waals surface area contributed by atoms with Gasteiger partial charge in [0.25, 0.3) is 0 Å². The molecule has 0 aliphatic heterocycles. The van der Waals surface area contributed by atoms with E-state index in [9.17, 15) is 14.7 Å². The molecule has 1 aromatic heterocycles. The Bertz CT molecular complexity index is 860. The van der Waals surface area contributed by atoms with Crippen LogP contribution >= 0.6 is 22.9 Å². The van der Waals surface area contributed by atoms with Crippen LogP contribution in [-0.2, 0) is 11.3 Å². The number of carboxylic acids is 2. The van der Waals surface area contributed by atoms with Crippen molar-refractivity contribution in [3.63, 3.8) is 0 Å². The molecule has 1 aliphatic carbocycles. The van der Waals surface area contributed by atoms with Gasteiger partial charge in [0, 0.05) is 12.6 Å². The first kappa shape index (κ1) is 20.6. The first-order valence-electron chi connectivity index (χ1n) is 9.18. The van der Waals surface area contributed by atoms with E-state index in [2.05, 4.69) is 5.32 Å². The minimum Gasteiger partial charge on any atom is -0.479 e. The van der Waals surface area contributed by atoms with Crippen LogP contribution in [0, 0.1) is 0 Å². The Balaban J connectivity index is 1.81. The molecule has 6 nitrogen and oxygen atoms in total. The highest BCUT2D eigenvalue weighted by atomic mass is 35.5. The van der Waals surface area contributed by atoms with E-state index in [1.807, 2.05) is 24.3 Å². The molecule has 3 rings (SSSR count). The number of aromatic carboxylic acids is 1. The lowest BCUT2D eigenvalue weighted by Crippen LogP contribution is -2.30. The number of nitrogens with one attached hydrogen (secondary N) is 1. The molecule has 150 valence electrons. The maximum atomic E-state index is 11.5. The normalized spacial score (nSPS) is 14.8. The molecule has 1 aromatic carbocycles. The van der Waals surface area contributed by atoms with Crippen molar-refractivity contribution in [3.05, 3.63) is 39.7 Å². The van der Waals surface area contributed by atoms with Crippen molar-refractivity contribution in [1.82, 2.24) is 5.32 Å². The van der Waals surface area contributed by atoms with Crippen LogP contribution in [0.2, 0.25) is 5.02 Å². The third-order valence-corrected chi connectivity index (χ3v) is 6.41. The largest absolute Gasteiger partial charge is 0.479 e. The van der Waals surface area contributed by atoms with Gasteiger partial charge in [0.15, 0.2) is 17.2 Å². The fraction of sp³-hybridized carbons (Fsp3) is 0.400. The van der Waals surface area contributed by atoms with Gasteiger partial charge in [-0.2, -0.15) is 0 Å². The fourth-order valence-corrected chi connectivity index (χ4v) is 4.78. The van der Waals surface area contributed by atoms with E-state index in [4.69, 9.17) is 21.4 Å². The van der Waals surface area contributed by atoms with E-state index in [0.29, 0.717) is 10.9 Å². The first-order chi connectivity index (χ1) is 13.5. The fourth-order valence-electron chi connectivity index (χ4n) is 3.38. The smallest absolute Gasteiger partial charge is 0.349 e. The summed E-state index contributed by atoms with van der Waals surface area (Å²) in [6.07, 6.45) is 6.23. The average molecular weight is 424 g/mol. The molecule has 1 saturated carbocycles. The average Bonchev–Trinajstić information content (AvgIpc) is 3.02. The number of rotatable bonds is 8. The molecule has 0 bridgehead atoms. The topological polar surface area (TPSA) is 95.9 Å². The van der Waals surface area contributed by atoms with Crippen LogP contribution in [0.1, 0.15) is 47.3 Å². The Labute approximate surface area is 172 Å². The van der Waals surface area contributed by atoms with E-state index in [1.165, 1.54) is 32.1 Å². The van der Waals surface area contributed by atoms with Crippen LogP contribution in [0.3, 0.4) is 0 Å². The highest BCUT2D eigenvalue weighted by Gasteiger charge is 2.24. The molecule has 0 unspecified atom stereocenters. The molecule has 1 aliphatic rings. The predicted octanol–water partition coefficient (Wildman–Crippen LogP) is 4.65. The number of thiophene rings is 1. The number of hydrogen-bond acceptors (Lipinski definition) is 5. The molecule has 0 saturated heterocycles. The van der Waals surface area contributed by atoms with Crippen LogP contribution in [0.15, 0.2) is 24.3 Å². The zero-order chi connectivity index (χ0) is 20.1. The molecule has 28 heavy (non-hydrogen) atoms. The summed E-state index contributed by atoms with van der Waals surface area (Å²) in [5, 5.41) is 21.9. The molecular formula is C20H22ClNO5S. The quantitative estimate of drug-likeness (QED) is 0.571. The second-order valence-electron chi connectivity index (χ2n) is 6.81. The summed E-state index contributed by atoms with van der Waals surface area (Å²) in [5.74, 6) is -2.49. The van der Waals surface area contributed by atoms with Gasteiger partial charge in [0.05, 0.1) is 4.88 Å². The predicted molar refractivity (Wildman–Crippen MR) is 109 cm³/mol. The Morgan fingerprint density at radius 3 is 2.64 bits per heavy atom. The number of benzene rings is 1. The number of hydrogen-bond donors (Lipinski definition) is 3. The number of ether oxygens (including phenoxy) is 1. The van der Waals surface area contributed by atoms with Gasteiger partial charge in [-0.05, 0) is 30.0 Å². The lowest BCUT2D eigenvalue weighted by atomic mass is 9.95. The highest BCUT2D eigenvalue weighted by Crippen LogP contribution is 2.45. The van der Waals surface area contributed by atoms with E-state index in [0.717, 1.165) is 29.0 Å². The van der Waals surface area contributed by atoms with Crippen LogP contribution in [-0.4, -0.2) is 34.8 Å². The van der Waals surface area contributed by atoms with Crippen molar-refractivity contribution in [2.75, 3.05) is 6.61 Å². The zero-order valence-corrected chi connectivity index (χ0v) is 16.8. The summed E-state index contributed by atoms with van der Waals surface area (Å²) in [6.45, 7) is 0.0805. The van der Waals surface area contributed by atoms with Crippen molar-refractivity contribution in [3.8, 4) is 16.2 Å². The lowest BCUT2D eigenvalue weighted by Gasteiger charge is -2.23. The van der Waals surface area contributed by atoms with Crippen LogP contribution in [0.25, 0.3) is 10.4 Å². The zero-order valence-electron chi connectivity index (χ0n) is 15.2. The van der Waals surface area contributed by atoms with Crippen LogP contribution in [0.4, 0.5) is 0 Å². The number of carbonyl (C=O) groups is 2. The minimum atomic E-state index is -1.20. The van der Waals surface area contributed by atoms with Gasteiger partial charge in [0.2, 0.25) is 0 Å². The molecule has 8 heteroatoms. The number of halogens is 1. The molecule has 1 heterocycles. The van der Waals surface area contributed by atoms with Gasteiger partial charge >= 0.3 is 11.9 Å². The summed E-state index contributed by atoms with van der Waals surface area (Å²) in [6, 6.07) is 8.29. The number of aliphatic carboxylic acids is 1. The molecule has 0 amide bonds. The second-order valence-corrected chi connectivity index (χ2v) is 8.21. The van der Waals surface area contributed by atoms with Gasteiger partial charge in [0.1, 0.15) is 5.02 Å². The van der Waals surface area contributed by atoms with Gasteiger partial charge < -0.3 is 20.3 Å². The van der Waals surface area contributed by atoms with Crippen LogP contribution < -0.4 is 10.1 Å². The Hall–Kier alpha value is -2.09. The van der Waals surface area contributed by atoms with Crippen molar-refractivity contribution in [2.45, 2.75) is 44.7 Å². The van der Waals surface area contributed by atoms with E-state index in [-0.39, 0.29) is 15.6 Å². The second kappa shape index (κ2) is 9.41. The minimum absolute atomic E-state index is 0.0951. The third kappa shape index (κ3) is 5.04. The molecule has 2 aromatic rings. The SMILES string of the molecule is O=C(O)COc1c(C(=O)O)sc(-c2cccc(CNC3CCCCC3)c2)c1Cl. The van der Waals surface area contributed by atoms with Gasteiger partial charge in [-0.25, -0.2) is 9.59 Å². The standard InChI is InChI=1S/C20H22ClNO5S/c21-16-17(27-11-15(23)24)19(20(25)26)28-18(16)13-6-4-5-12(9-13)10-22-14-7-2-1-3-8-14/h4-6,9,14,22H,1-3,7-8,10-11H2,(H,23,24)(H,25,26). The van der Waals surface area contributed by atoms with Gasteiger partial charge in [-0.3, -0.25) is 0 Å². The van der Waals surface area contributed by atoms with Crippen molar-refractivity contribution in [2.24, 2.45) is 0 Å². The van der Waals surface area contributed by atoms with E-state index >= 15 is 0 Å². The molecule has 0 atom stereocenters. The Morgan fingerprint density at radius 1 is 1.21 bits per heavy atom. The van der Waals surface area contributed by atoms with Crippen molar-refractivity contribution < 1.29 is 24.5 Å². The van der Waals surface area contributed by atoms with Crippen molar-refractivity contribution >= 4 is 34.9 Å². The van der Waals surface area contributed by atoms with Crippen LogP contribution in [0.5, 0.6) is 5.75 Å². The lowest BCUT2D eigenvalue weighted by molar-refractivity contribution is -0.139. The monoisotopic (exact) mass is 423 g/mol. The summed E-state index contributed by atoms with van der Waals surface area (Å²) in [7, 11) is 0. The highest BCUT2D eigenvalue weighted by molar-refractivity contribution is 7.18. The Kier molecular flexibility index (Phi) is 6.93. The van der Waals surface area contributed by atoms with Gasteiger partial charge in [-0.15, -0.1) is 11.3 Å². The van der Waals surface area contributed by atoms with Crippen molar-refractivity contribution in [1.29, 1.82) is 0 Å².